The van der Waals surface area contributed by atoms with Gasteiger partial charge in [-0.15, -0.1) is 6.58 Å². The van der Waals surface area contributed by atoms with E-state index >= 15 is 0 Å². The van der Waals surface area contributed by atoms with Crippen LogP contribution >= 0.6 is 0 Å². The van der Waals surface area contributed by atoms with Gasteiger partial charge in [0, 0.05) is 6.54 Å². The van der Waals surface area contributed by atoms with Gasteiger partial charge in [0.2, 0.25) is 5.91 Å². The van der Waals surface area contributed by atoms with Crippen LogP contribution in [0.4, 0.5) is 5.69 Å². The largest absolute Gasteiger partial charge is 0.495 e. The Hall–Kier alpha value is -1.97. The second-order valence-corrected chi connectivity index (χ2v) is 3.65. The summed E-state index contributed by atoms with van der Waals surface area (Å²) < 4.78 is 5.20. The van der Waals surface area contributed by atoms with Crippen LogP contribution in [0.1, 0.15) is 5.56 Å². The van der Waals surface area contributed by atoms with Crippen molar-refractivity contribution in [3.63, 3.8) is 0 Å². The van der Waals surface area contributed by atoms with Crippen LogP contribution in [0.5, 0.6) is 5.75 Å². The van der Waals surface area contributed by atoms with E-state index in [0.29, 0.717) is 6.54 Å². The van der Waals surface area contributed by atoms with E-state index in [1.807, 2.05) is 25.1 Å². The SMILES string of the molecule is C=CCNC(=O)CNc1cc(C)ccc1OC. The van der Waals surface area contributed by atoms with Gasteiger partial charge in [-0.1, -0.05) is 12.1 Å². The van der Waals surface area contributed by atoms with Gasteiger partial charge in [0.05, 0.1) is 19.3 Å². The van der Waals surface area contributed by atoms with E-state index in [-0.39, 0.29) is 12.5 Å². The Bertz CT molecular complexity index is 402. The molecule has 17 heavy (non-hydrogen) atoms. The molecular weight excluding hydrogens is 216 g/mol. The van der Waals surface area contributed by atoms with Crippen molar-refractivity contribution in [1.29, 1.82) is 0 Å². The third-order valence-corrected chi connectivity index (χ3v) is 2.24. The lowest BCUT2D eigenvalue weighted by molar-refractivity contribution is -0.119. The zero-order valence-electron chi connectivity index (χ0n) is 10.2. The number of hydrogen-bond acceptors (Lipinski definition) is 3. The van der Waals surface area contributed by atoms with Gasteiger partial charge in [0.1, 0.15) is 5.75 Å². The van der Waals surface area contributed by atoms with Crippen LogP contribution in [-0.2, 0) is 4.79 Å². The van der Waals surface area contributed by atoms with Crippen molar-refractivity contribution < 1.29 is 9.53 Å². The van der Waals surface area contributed by atoms with Gasteiger partial charge in [-0.2, -0.15) is 0 Å². The van der Waals surface area contributed by atoms with Gasteiger partial charge in [0.25, 0.3) is 0 Å². The number of ether oxygens (including phenoxy) is 1. The Morgan fingerprint density at radius 2 is 2.29 bits per heavy atom. The Morgan fingerprint density at radius 3 is 2.94 bits per heavy atom. The molecule has 92 valence electrons. The number of anilines is 1. The predicted molar refractivity (Wildman–Crippen MR) is 69.4 cm³/mol. The van der Waals surface area contributed by atoms with Crippen molar-refractivity contribution in [3.8, 4) is 5.75 Å². The topological polar surface area (TPSA) is 50.4 Å². The summed E-state index contributed by atoms with van der Waals surface area (Å²) in [5.74, 6) is 0.653. The zero-order valence-corrected chi connectivity index (χ0v) is 10.2. The zero-order chi connectivity index (χ0) is 12.7. The molecular formula is C13H18N2O2. The van der Waals surface area contributed by atoms with Crippen LogP contribution in [0.25, 0.3) is 0 Å². The minimum absolute atomic E-state index is 0.0755. The van der Waals surface area contributed by atoms with Crippen molar-refractivity contribution in [2.45, 2.75) is 6.92 Å². The van der Waals surface area contributed by atoms with E-state index in [0.717, 1.165) is 17.0 Å². The highest BCUT2D eigenvalue weighted by Crippen LogP contribution is 2.24. The summed E-state index contributed by atoms with van der Waals surface area (Å²) in [6.45, 7) is 6.22. The molecule has 1 rings (SSSR count). The molecule has 1 aromatic rings. The quantitative estimate of drug-likeness (QED) is 0.737. The number of carbonyl (C=O) groups excluding carboxylic acids is 1. The minimum Gasteiger partial charge on any atom is -0.495 e. The number of methoxy groups -OCH3 is 1. The van der Waals surface area contributed by atoms with Crippen molar-refractivity contribution in [1.82, 2.24) is 5.32 Å². The monoisotopic (exact) mass is 234 g/mol. The summed E-state index contributed by atoms with van der Waals surface area (Å²) in [5.41, 5.74) is 1.93. The summed E-state index contributed by atoms with van der Waals surface area (Å²) in [4.78, 5) is 11.4. The molecule has 0 heterocycles. The third kappa shape index (κ3) is 4.18. The van der Waals surface area contributed by atoms with E-state index in [4.69, 9.17) is 4.74 Å². The maximum atomic E-state index is 11.4. The standard InChI is InChI=1S/C13H18N2O2/c1-4-7-14-13(16)9-15-11-8-10(2)5-6-12(11)17-3/h4-6,8,15H,1,7,9H2,2-3H3,(H,14,16). The van der Waals surface area contributed by atoms with Gasteiger partial charge >= 0.3 is 0 Å². The van der Waals surface area contributed by atoms with E-state index < -0.39 is 0 Å². The van der Waals surface area contributed by atoms with Crippen molar-refractivity contribution in [2.75, 3.05) is 25.5 Å². The average Bonchev–Trinajstić information content (AvgIpc) is 2.34. The number of amides is 1. The van der Waals surface area contributed by atoms with Crippen LogP contribution < -0.4 is 15.4 Å². The number of benzene rings is 1. The van der Waals surface area contributed by atoms with Crippen LogP contribution in [0.15, 0.2) is 30.9 Å². The number of hydrogen-bond donors (Lipinski definition) is 2. The summed E-state index contributed by atoms with van der Waals surface area (Å²) >= 11 is 0. The van der Waals surface area contributed by atoms with Gasteiger partial charge < -0.3 is 15.4 Å². The second kappa shape index (κ2) is 6.58. The van der Waals surface area contributed by atoms with Crippen molar-refractivity contribution in [2.24, 2.45) is 0 Å². The molecule has 0 aromatic heterocycles. The highest BCUT2D eigenvalue weighted by Gasteiger charge is 2.04. The second-order valence-electron chi connectivity index (χ2n) is 3.65. The first kappa shape index (κ1) is 13.1. The first-order valence-corrected chi connectivity index (χ1v) is 5.43. The van der Waals surface area contributed by atoms with Crippen LogP contribution in [0, 0.1) is 6.92 Å². The highest BCUT2D eigenvalue weighted by molar-refractivity contribution is 5.81. The van der Waals surface area contributed by atoms with Crippen LogP contribution in [0.2, 0.25) is 0 Å². The van der Waals surface area contributed by atoms with Gasteiger partial charge in [0.15, 0.2) is 0 Å². The maximum absolute atomic E-state index is 11.4. The van der Waals surface area contributed by atoms with Gasteiger partial charge in [-0.3, -0.25) is 4.79 Å². The molecule has 0 saturated heterocycles. The lowest BCUT2D eigenvalue weighted by Gasteiger charge is -2.11. The molecule has 0 atom stereocenters. The van der Waals surface area contributed by atoms with E-state index in [2.05, 4.69) is 17.2 Å². The lowest BCUT2D eigenvalue weighted by Crippen LogP contribution is -2.29. The molecule has 0 spiro atoms. The van der Waals surface area contributed by atoms with E-state index in [9.17, 15) is 4.79 Å². The number of carbonyl (C=O) groups is 1. The van der Waals surface area contributed by atoms with E-state index in [1.54, 1.807) is 13.2 Å². The smallest absolute Gasteiger partial charge is 0.239 e. The normalized spacial score (nSPS) is 9.53. The summed E-state index contributed by atoms with van der Waals surface area (Å²) in [5, 5.41) is 5.74. The van der Waals surface area contributed by atoms with Crippen molar-refractivity contribution >= 4 is 11.6 Å². The molecule has 1 aromatic carbocycles. The Kier molecular flexibility index (Phi) is 5.07. The lowest BCUT2D eigenvalue weighted by atomic mass is 10.2. The summed E-state index contributed by atoms with van der Waals surface area (Å²) in [6.07, 6.45) is 1.64. The fraction of sp³-hybridized carbons (Fsp3) is 0.308. The first-order valence-electron chi connectivity index (χ1n) is 5.43. The van der Waals surface area contributed by atoms with Gasteiger partial charge in [-0.25, -0.2) is 0 Å². The van der Waals surface area contributed by atoms with Gasteiger partial charge in [-0.05, 0) is 24.6 Å². The fourth-order valence-electron chi connectivity index (χ4n) is 1.38. The van der Waals surface area contributed by atoms with Crippen LogP contribution in [-0.4, -0.2) is 26.1 Å². The molecule has 0 unspecified atom stereocenters. The Balaban J connectivity index is 2.58. The number of nitrogens with one attached hydrogen (secondary N) is 2. The third-order valence-electron chi connectivity index (χ3n) is 2.24. The Morgan fingerprint density at radius 1 is 1.53 bits per heavy atom. The molecule has 0 aliphatic heterocycles. The van der Waals surface area contributed by atoms with E-state index in [1.165, 1.54) is 0 Å². The van der Waals surface area contributed by atoms with Crippen LogP contribution in [0.3, 0.4) is 0 Å². The molecule has 0 radical (unpaired) electrons. The first-order chi connectivity index (χ1) is 8.17. The fourth-order valence-corrected chi connectivity index (χ4v) is 1.38. The summed E-state index contributed by atoms with van der Waals surface area (Å²) in [7, 11) is 1.60. The molecule has 4 heteroatoms. The molecule has 2 N–H and O–H groups in total. The Labute approximate surface area is 102 Å². The molecule has 4 nitrogen and oxygen atoms in total. The average molecular weight is 234 g/mol. The molecule has 0 aliphatic carbocycles. The highest BCUT2D eigenvalue weighted by atomic mass is 16.5. The number of aryl methyl sites for hydroxylation is 1. The molecule has 0 saturated carbocycles. The molecule has 0 bridgehead atoms. The summed E-state index contributed by atoms with van der Waals surface area (Å²) in [6, 6.07) is 5.78. The molecule has 0 aliphatic rings. The van der Waals surface area contributed by atoms with Crippen molar-refractivity contribution in [3.05, 3.63) is 36.4 Å². The maximum Gasteiger partial charge on any atom is 0.239 e. The minimum atomic E-state index is -0.0755. The molecule has 0 fully saturated rings. The molecule has 1 amide bonds. The predicted octanol–water partition coefficient (Wildman–Crippen LogP) is 1.72. The number of rotatable bonds is 6.